The molecule has 6 aromatic carbocycles. The van der Waals surface area contributed by atoms with Gasteiger partial charge in [0, 0.05) is 29.1 Å². The number of nitrogens with zero attached hydrogens (tertiary/aromatic N) is 3. The zero-order chi connectivity index (χ0) is 27.9. The lowest BCUT2D eigenvalue weighted by atomic mass is 9.92. The van der Waals surface area contributed by atoms with Gasteiger partial charge in [-0.15, -0.1) is 0 Å². The molecule has 3 heteroatoms. The molecule has 0 amide bonds. The standard InChI is InChI=1S/C39H25N3/c1-2-10-28(11-3-1)36-25-37(42-39(41-36)31-13-8-12-29(23-31)26-19-21-40-22-20-26)35-24-30-18-17-27-9-4-5-14-32(27)38(30)34-16-7-6-15-33(34)35/h1-25H. The molecule has 0 radical (unpaired) electrons. The summed E-state index contributed by atoms with van der Waals surface area (Å²) in [7, 11) is 0. The maximum absolute atomic E-state index is 5.23. The molecule has 0 spiro atoms. The smallest absolute Gasteiger partial charge is 0.160 e. The van der Waals surface area contributed by atoms with Crippen LogP contribution in [0.3, 0.4) is 0 Å². The Morgan fingerprint density at radius 1 is 0.381 bits per heavy atom. The van der Waals surface area contributed by atoms with Gasteiger partial charge in [0.15, 0.2) is 5.82 Å². The van der Waals surface area contributed by atoms with Crippen molar-refractivity contribution in [2.24, 2.45) is 0 Å². The second-order valence-corrected chi connectivity index (χ2v) is 10.5. The molecule has 2 heterocycles. The van der Waals surface area contributed by atoms with Gasteiger partial charge in [-0.25, -0.2) is 9.97 Å². The Morgan fingerprint density at radius 3 is 1.90 bits per heavy atom. The summed E-state index contributed by atoms with van der Waals surface area (Å²) in [5, 5.41) is 7.38. The first kappa shape index (κ1) is 24.2. The van der Waals surface area contributed by atoms with Crippen LogP contribution in [0.4, 0.5) is 0 Å². The van der Waals surface area contributed by atoms with Gasteiger partial charge >= 0.3 is 0 Å². The Balaban J connectivity index is 1.40. The second kappa shape index (κ2) is 10.1. The zero-order valence-corrected chi connectivity index (χ0v) is 22.8. The van der Waals surface area contributed by atoms with E-state index in [4.69, 9.17) is 9.97 Å². The van der Waals surface area contributed by atoms with Crippen molar-refractivity contribution in [2.45, 2.75) is 0 Å². The molecular formula is C39H25N3. The summed E-state index contributed by atoms with van der Waals surface area (Å²) < 4.78 is 0. The number of benzene rings is 6. The Kier molecular flexibility index (Phi) is 5.79. The molecule has 2 aromatic heterocycles. The molecule has 8 rings (SSSR count). The molecule has 42 heavy (non-hydrogen) atoms. The minimum Gasteiger partial charge on any atom is -0.265 e. The number of hydrogen-bond acceptors (Lipinski definition) is 3. The minimum atomic E-state index is 0.699. The largest absolute Gasteiger partial charge is 0.265 e. The molecule has 196 valence electrons. The first-order valence-electron chi connectivity index (χ1n) is 14.1. The van der Waals surface area contributed by atoms with Gasteiger partial charge < -0.3 is 0 Å². The van der Waals surface area contributed by atoms with Crippen LogP contribution in [0.2, 0.25) is 0 Å². The van der Waals surface area contributed by atoms with Crippen LogP contribution in [0.25, 0.3) is 77.3 Å². The predicted molar refractivity (Wildman–Crippen MR) is 174 cm³/mol. The van der Waals surface area contributed by atoms with Crippen molar-refractivity contribution in [3.63, 3.8) is 0 Å². The van der Waals surface area contributed by atoms with Crippen LogP contribution >= 0.6 is 0 Å². The first-order valence-corrected chi connectivity index (χ1v) is 14.1. The zero-order valence-electron chi connectivity index (χ0n) is 22.8. The first-order chi connectivity index (χ1) is 20.8. The highest BCUT2D eigenvalue weighted by atomic mass is 14.9. The van der Waals surface area contributed by atoms with Crippen molar-refractivity contribution >= 4 is 32.3 Å². The highest BCUT2D eigenvalue weighted by Gasteiger charge is 2.16. The fraction of sp³-hybridized carbons (Fsp3) is 0. The highest BCUT2D eigenvalue weighted by Crippen LogP contribution is 2.39. The third kappa shape index (κ3) is 4.20. The average molecular weight is 536 g/mol. The van der Waals surface area contributed by atoms with E-state index in [1.165, 1.54) is 32.3 Å². The third-order valence-electron chi connectivity index (χ3n) is 7.95. The highest BCUT2D eigenvalue weighted by molar-refractivity contribution is 6.23. The molecule has 0 atom stereocenters. The number of pyridine rings is 1. The maximum Gasteiger partial charge on any atom is 0.160 e. The summed E-state index contributed by atoms with van der Waals surface area (Å²) >= 11 is 0. The summed E-state index contributed by atoms with van der Waals surface area (Å²) in [6, 6.07) is 49.0. The van der Waals surface area contributed by atoms with Gasteiger partial charge in [0.05, 0.1) is 11.4 Å². The van der Waals surface area contributed by atoms with E-state index in [-0.39, 0.29) is 0 Å². The van der Waals surface area contributed by atoms with Crippen LogP contribution in [0.1, 0.15) is 0 Å². The van der Waals surface area contributed by atoms with E-state index in [9.17, 15) is 0 Å². The molecule has 0 aliphatic rings. The monoisotopic (exact) mass is 535 g/mol. The summed E-state index contributed by atoms with van der Waals surface area (Å²) in [4.78, 5) is 14.5. The van der Waals surface area contributed by atoms with Crippen molar-refractivity contribution in [2.75, 3.05) is 0 Å². The average Bonchev–Trinajstić information content (AvgIpc) is 3.08. The van der Waals surface area contributed by atoms with Crippen LogP contribution in [-0.4, -0.2) is 15.0 Å². The van der Waals surface area contributed by atoms with E-state index in [2.05, 4.69) is 126 Å². The second-order valence-electron chi connectivity index (χ2n) is 10.5. The Bertz CT molecular complexity index is 2240. The Labute approximate surface area is 243 Å². The van der Waals surface area contributed by atoms with Crippen LogP contribution in [0, 0.1) is 0 Å². The molecule has 0 saturated carbocycles. The van der Waals surface area contributed by atoms with Crippen LogP contribution in [0.5, 0.6) is 0 Å². The summed E-state index contributed by atoms with van der Waals surface area (Å²) in [6.07, 6.45) is 3.64. The Morgan fingerprint density at radius 2 is 1.05 bits per heavy atom. The summed E-state index contributed by atoms with van der Waals surface area (Å²) in [5.74, 6) is 0.699. The molecule has 0 N–H and O–H groups in total. The SMILES string of the molecule is c1ccc(-c2cc(-c3cc4ccc5ccccc5c4c4ccccc34)nc(-c3cccc(-c4ccncc4)c3)n2)cc1. The van der Waals surface area contributed by atoms with E-state index in [0.29, 0.717) is 5.82 Å². The molecule has 3 nitrogen and oxygen atoms in total. The molecule has 0 bridgehead atoms. The van der Waals surface area contributed by atoms with Gasteiger partial charge in [0.2, 0.25) is 0 Å². The van der Waals surface area contributed by atoms with E-state index in [1.54, 1.807) is 0 Å². The molecule has 0 aliphatic heterocycles. The maximum atomic E-state index is 5.23. The Hall–Kier alpha value is -5.67. The van der Waals surface area contributed by atoms with Gasteiger partial charge in [-0.1, -0.05) is 109 Å². The molecule has 0 fully saturated rings. The summed E-state index contributed by atoms with van der Waals surface area (Å²) in [5.41, 5.74) is 7.14. The fourth-order valence-electron chi connectivity index (χ4n) is 5.94. The third-order valence-corrected chi connectivity index (χ3v) is 7.95. The van der Waals surface area contributed by atoms with Crippen LogP contribution < -0.4 is 0 Å². The van der Waals surface area contributed by atoms with E-state index < -0.39 is 0 Å². The predicted octanol–water partition coefficient (Wildman–Crippen LogP) is 10.00. The van der Waals surface area contributed by atoms with Crippen LogP contribution in [0.15, 0.2) is 152 Å². The molecule has 8 aromatic rings. The lowest BCUT2D eigenvalue weighted by Crippen LogP contribution is -1.97. The quantitative estimate of drug-likeness (QED) is 0.211. The van der Waals surface area contributed by atoms with E-state index >= 15 is 0 Å². The fourth-order valence-corrected chi connectivity index (χ4v) is 5.94. The van der Waals surface area contributed by atoms with Crippen molar-refractivity contribution in [1.29, 1.82) is 0 Å². The van der Waals surface area contributed by atoms with Gasteiger partial charge in [0.25, 0.3) is 0 Å². The van der Waals surface area contributed by atoms with Crippen molar-refractivity contribution in [1.82, 2.24) is 15.0 Å². The number of rotatable bonds is 4. The van der Waals surface area contributed by atoms with E-state index in [0.717, 1.165) is 39.2 Å². The van der Waals surface area contributed by atoms with Crippen molar-refractivity contribution < 1.29 is 0 Å². The van der Waals surface area contributed by atoms with Gasteiger partial charge in [-0.3, -0.25) is 4.98 Å². The van der Waals surface area contributed by atoms with E-state index in [1.807, 2.05) is 30.6 Å². The molecule has 0 unspecified atom stereocenters. The lowest BCUT2D eigenvalue weighted by molar-refractivity contribution is 1.19. The molecule has 0 aliphatic carbocycles. The minimum absolute atomic E-state index is 0.699. The van der Waals surface area contributed by atoms with Crippen molar-refractivity contribution in [3.05, 3.63) is 152 Å². The van der Waals surface area contributed by atoms with Gasteiger partial charge in [-0.2, -0.15) is 0 Å². The van der Waals surface area contributed by atoms with Crippen molar-refractivity contribution in [3.8, 4) is 45.0 Å². The normalized spacial score (nSPS) is 11.3. The van der Waals surface area contributed by atoms with Gasteiger partial charge in [0.1, 0.15) is 0 Å². The topological polar surface area (TPSA) is 38.7 Å². The van der Waals surface area contributed by atoms with Gasteiger partial charge in [-0.05, 0) is 73.8 Å². The lowest BCUT2D eigenvalue weighted by Gasteiger charge is -2.15. The molecular weight excluding hydrogens is 510 g/mol. The number of hydrogen-bond donors (Lipinski definition) is 0. The van der Waals surface area contributed by atoms with Crippen LogP contribution in [-0.2, 0) is 0 Å². The number of fused-ring (bicyclic) bond motifs is 5. The number of aromatic nitrogens is 3. The summed E-state index contributed by atoms with van der Waals surface area (Å²) in [6.45, 7) is 0. The molecule has 0 saturated heterocycles.